The molecule has 0 spiro atoms. The van der Waals surface area contributed by atoms with Crippen LogP contribution in [0.4, 0.5) is 11.4 Å². The number of amides is 1. The summed E-state index contributed by atoms with van der Waals surface area (Å²) < 4.78 is 4.99. The van der Waals surface area contributed by atoms with E-state index in [2.05, 4.69) is 5.32 Å². The van der Waals surface area contributed by atoms with Gasteiger partial charge in [0.2, 0.25) is 5.78 Å². The Kier molecular flexibility index (Phi) is 6.24. The molecule has 1 aliphatic carbocycles. The van der Waals surface area contributed by atoms with Crippen LogP contribution in [0.1, 0.15) is 67.5 Å². The van der Waals surface area contributed by atoms with Gasteiger partial charge in [-0.05, 0) is 35.7 Å². The van der Waals surface area contributed by atoms with Crippen LogP contribution >= 0.6 is 0 Å². The van der Waals surface area contributed by atoms with Gasteiger partial charge in [-0.15, -0.1) is 0 Å². The topological polar surface area (TPSA) is 133 Å². The number of carbonyl (C=O) groups is 4. The van der Waals surface area contributed by atoms with Gasteiger partial charge in [0.05, 0.1) is 4.92 Å². The Balaban J connectivity index is 1.55. The van der Waals surface area contributed by atoms with Crippen molar-refractivity contribution < 1.29 is 28.8 Å². The maximum Gasteiger partial charge on any atom is 0.345 e. The standard InChI is InChI=1S/C26H20N2O7/c1-14(2)15-7-9-16(10-8-15)27-21(29)13-35-26(32)20-12-11-19-22(23(20)28(33)34)25(31)18-6-4-3-5-17(18)24(19)30/h3-12,14H,13H2,1-2H3,(H,27,29). The van der Waals surface area contributed by atoms with Crippen LogP contribution in [-0.2, 0) is 9.53 Å². The fourth-order valence-electron chi connectivity index (χ4n) is 3.88. The van der Waals surface area contributed by atoms with E-state index in [0.717, 1.165) is 11.6 Å². The van der Waals surface area contributed by atoms with Gasteiger partial charge in [-0.1, -0.05) is 50.2 Å². The van der Waals surface area contributed by atoms with E-state index in [1.807, 2.05) is 26.0 Å². The third-order valence-electron chi connectivity index (χ3n) is 5.66. The third-order valence-corrected chi connectivity index (χ3v) is 5.66. The Morgan fingerprint density at radius 2 is 1.54 bits per heavy atom. The van der Waals surface area contributed by atoms with Gasteiger partial charge >= 0.3 is 5.97 Å². The lowest BCUT2D eigenvalue weighted by molar-refractivity contribution is -0.385. The van der Waals surface area contributed by atoms with Crippen molar-refractivity contribution in [1.29, 1.82) is 0 Å². The number of rotatable bonds is 6. The number of hydrogen-bond acceptors (Lipinski definition) is 7. The molecule has 9 nitrogen and oxygen atoms in total. The van der Waals surface area contributed by atoms with Crippen LogP contribution in [0, 0.1) is 10.1 Å². The lowest BCUT2D eigenvalue weighted by Gasteiger charge is -2.18. The van der Waals surface area contributed by atoms with Crippen molar-refractivity contribution in [3.63, 3.8) is 0 Å². The molecule has 35 heavy (non-hydrogen) atoms. The molecule has 1 amide bonds. The zero-order valence-corrected chi connectivity index (χ0v) is 18.9. The Hall–Kier alpha value is -4.66. The van der Waals surface area contributed by atoms with Crippen molar-refractivity contribution in [3.05, 3.63) is 104 Å². The minimum Gasteiger partial charge on any atom is -0.452 e. The normalized spacial score (nSPS) is 12.1. The van der Waals surface area contributed by atoms with E-state index in [1.165, 1.54) is 24.3 Å². The molecule has 0 unspecified atom stereocenters. The zero-order chi connectivity index (χ0) is 25.3. The number of carbonyl (C=O) groups excluding carboxylic acids is 4. The summed E-state index contributed by atoms with van der Waals surface area (Å²) in [5, 5.41) is 14.4. The van der Waals surface area contributed by atoms with Crippen LogP contribution < -0.4 is 5.32 Å². The summed E-state index contributed by atoms with van der Waals surface area (Å²) in [4.78, 5) is 61.7. The predicted molar refractivity (Wildman–Crippen MR) is 126 cm³/mol. The first kappa shape index (κ1) is 23.5. The van der Waals surface area contributed by atoms with E-state index in [-0.39, 0.29) is 16.7 Å². The van der Waals surface area contributed by atoms with Gasteiger partial charge in [0.15, 0.2) is 12.4 Å². The number of nitrogens with zero attached hydrogens (tertiary/aromatic N) is 1. The molecule has 0 atom stereocenters. The maximum absolute atomic E-state index is 13.0. The average Bonchev–Trinajstić information content (AvgIpc) is 2.85. The minimum atomic E-state index is -1.16. The van der Waals surface area contributed by atoms with Crippen molar-refractivity contribution in [1.82, 2.24) is 0 Å². The highest BCUT2D eigenvalue weighted by Gasteiger charge is 2.39. The summed E-state index contributed by atoms with van der Waals surface area (Å²) in [7, 11) is 0. The van der Waals surface area contributed by atoms with Gasteiger partial charge < -0.3 is 10.1 Å². The molecule has 1 aliphatic rings. The monoisotopic (exact) mass is 472 g/mol. The lowest BCUT2D eigenvalue weighted by Crippen LogP contribution is -2.25. The number of ketones is 2. The van der Waals surface area contributed by atoms with Gasteiger partial charge in [0.25, 0.3) is 11.6 Å². The van der Waals surface area contributed by atoms with E-state index >= 15 is 0 Å². The number of nitrogens with one attached hydrogen (secondary N) is 1. The molecular formula is C26H20N2O7. The van der Waals surface area contributed by atoms with Crippen LogP contribution in [0.5, 0.6) is 0 Å². The molecule has 0 bridgehead atoms. The number of fused-ring (bicyclic) bond motifs is 2. The molecule has 176 valence electrons. The van der Waals surface area contributed by atoms with Crippen molar-refractivity contribution in [3.8, 4) is 0 Å². The SMILES string of the molecule is CC(C)c1ccc(NC(=O)COC(=O)c2ccc3c(c2[N+](=O)[O-])C(=O)c2ccccc2C3=O)cc1. The Morgan fingerprint density at radius 3 is 2.14 bits per heavy atom. The molecule has 9 heteroatoms. The molecule has 0 saturated heterocycles. The second-order valence-corrected chi connectivity index (χ2v) is 8.25. The Labute approximate surface area is 199 Å². The molecule has 3 aromatic carbocycles. The minimum absolute atomic E-state index is 0.0153. The van der Waals surface area contributed by atoms with E-state index < -0.39 is 51.8 Å². The van der Waals surface area contributed by atoms with Crippen LogP contribution in [-0.4, -0.2) is 35.0 Å². The van der Waals surface area contributed by atoms with Gasteiger partial charge in [0, 0.05) is 22.4 Å². The Bertz CT molecular complexity index is 1390. The van der Waals surface area contributed by atoms with Crippen molar-refractivity contribution in [2.24, 2.45) is 0 Å². The molecule has 0 aromatic heterocycles. The predicted octanol–water partition coefficient (Wildman–Crippen LogP) is 4.29. The van der Waals surface area contributed by atoms with Gasteiger partial charge in [-0.3, -0.25) is 24.5 Å². The zero-order valence-electron chi connectivity index (χ0n) is 18.9. The number of ether oxygens (including phenoxy) is 1. The summed E-state index contributed by atoms with van der Waals surface area (Å²) >= 11 is 0. The summed E-state index contributed by atoms with van der Waals surface area (Å²) in [5.41, 5.74) is -0.257. The fraction of sp³-hybridized carbons (Fsp3) is 0.154. The van der Waals surface area contributed by atoms with Gasteiger partial charge in [0.1, 0.15) is 11.1 Å². The van der Waals surface area contributed by atoms with E-state index in [4.69, 9.17) is 4.74 Å². The van der Waals surface area contributed by atoms with Crippen molar-refractivity contribution >= 4 is 34.8 Å². The summed E-state index contributed by atoms with van der Waals surface area (Å²) in [6, 6.07) is 15.4. The van der Waals surface area contributed by atoms with E-state index in [9.17, 15) is 29.3 Å². The second-order valence-electron chi connectivity index (χ2n) is 8.25. The number of nitro groups is 1. The van der Waals surface area contributed by atoms with Crippen LogP contribution in [0.2, 0.25) is 0 Å². The van der Waals surface area contributed by atoms with Crippen LogP contribution in [0.3, 0.4) is 0 Å². The smallest absolute Gasteiger partial charge is 0.345 e. The van der Waals surface area contributed by atoms with Crippen molar-refractivity contribution in [2.45, 2.75) is 19.8 Å². The first-order valence-electron chi connectivity index (χ1n) is 10.8. The van der Waals surface area contributed by atoms with E-state index in [1.54, 1.807) is 18.2 Å². The molecule has 0 saturated carbocycles. The summed E-state index contributed by atoms with van der Waals surface area (Å²) in [6.45, 7) is 3.37. The number of hydrogen-bond donors (Lipinski definition) is 1. The summed E-state index contributed by atoms with van der Waals surface area (Å²) in [6.07, 6.45) is 0. The second kappa shape index (κ2) is 9.30. The van der Waals surface area contributed by atoms with Crippen molar-refractivity contribution in [2.75, 3.05) is 11.9 Å². The molecule has 0 radical (unpaired) electrons. The number of nitro benzene ring substituents is 1. The quantitative estimate of drug-likeness (QED) is 0.251. The highest BCUT2D eigenvalue weighted by atomic mass is 16.6. The molecule has 0 aliphatic heterocycles. The molecule has 3 aromatic rings. The van der Waals surface area contributed by atoms with Crippen LogP contribution in [0.25, 0.3) is 0 Å². The highest BCUT2D eigenvalue weighted by molar-refractivity contribution is 6.30. The molecule has 4 rings (SSSR count). The lowest BCUT2D eigenvalue weighted by atomic mass is 9.82. The molecule has 1 N–H and O–H groups in total. The number of benzene rings is 3. The fourth-order valence-corrected chi connectivity index (χ4v) is 3.88. The van der Waals surface area contributed by atoms with E-state index in [0.29, 0.717) is 11.6 Å². The largest absolute Gasteiger partial charge is 0.452 e. The maximum atomic E-state index is 13.0. The first-order valence-corrected chi connectivity index (χ1v) is 10.8. The number of anilines is 1. The molecule has 0 heterocycles. The number of esters is 1. The van der Waals surface area contributed by atoms with Gasteiger partial charge in [-0.2, -0.15) is 0 Å². The summed E-state index contributed by atoms with van der Waals surface area (Å²) in [5.74, 6) is -2.77. The average molecular weight is 472 g/mol. The third kappa shape index (κ3) is 4.43. The molecular weight excluding hydrogens is 452 g/mol. The Morgan fingerprint density at radius 1 is 0.914 bits per heavy atom. The highest BCUT2D eigenvalue weighted by Crippen LogP contribution is 2.35. The first-order chi connectivity index (χ1) is 16.7. The molecule has 0 fully saturated rings. The van der Waals surface area contributed by atoms with Crippen LogP contribution in [0.15, 0.2) is 60.7 Å². The van der Waals surface area contributed by atoms with Gasteiger partial charge in [-0.25, -0.2) is 4.79 Å².